The van der Waals surface area contributed by atoms with Crippen LogP contribution in [0.2, 0.25) is 0 Å². The summed E-state index contributed by atoms with van der Waals surface area (Å²) in [6.07, 6.45) is 1.89. The Morgan fingerprint density at radius 1 is 0.524 bits per heavy atom. The zero-order valence-corrected chi connectivity index (χ0v) is 24.6. The summed E-state index contributed by atoms with van der Waals surface area (Å²) in [5.74, 6) is 2.27. The van der Waals surface area contributed by atoms with E-state index in [2.05, 4.69) is 30.1 Å². The number of pyridine rings is 1. The molecule has 5 heteroatoms. The van der Waals surface area contributed by atoms with Gasteiger partial charge >= 0.3 is 195 Å². The summed E-state index contributed by atoms with van der Waals surface area (Å²) in [5, 5.41) is 2.81. The van der Waals surface area contributed by atoms with Gasteiger partial charge in [0.15, 0.2) is 0 Å². The summed E-state index contributed by atoms with van der Waals surface area (Å²) < 4.78 is 11.4. The van der Waals surface area contributed by atoms with Gasteiger partial charge in [-0.3, -0.25) is 0 Å². The van der Waals surface area contributed by atoms with Crippen molar-refractivity contribution < 1.29 is 14.4 Å². The third kappa shape index (κ3) is 5.69. The first-order valence-electron chi connectivity index (χ1n) is 13.9. The average Bonchev–Trinajstić information content (AvgIpc) is 3.06. The molecule has 4 nitrogen and oxygen atoms in total. The van der Waals surface area contributed by atoms with Crippen LogP contribution in [0.1, 0.15) is 5.56 Å². The standard InChI is InChI=1S/C37H32NO3P/c1-27-8-21-35(22-9-27)42(39,34-6-4-3-5-7-34)36-23-19-33(20-24-36)41-32-17-12-29(13-18-32)37-25-14-30(26-38-37)28-10-15-31(40-2)16-11-28/h3-26,39,42H,1-2H3. The van der Waals surface area contributed by atoms with Gasteiger partial charge in [-0.2, -0.15) is 0 Å². The number of nitrogens with zero attached hydrogens (tertiary/aromatic N) is 1. The van der Waals surface area contributed by atoms with Crippen LogP contribution < -0.4 is 25.4 Å². The zero-order valence-electron chi connectivity index (χ0n) is 23.6. The van der Waals surface area contributed by atoms with Gasteiger partial charge in [0, 0.05) is 5.56 Å². The molecule has 0 aliphatic heterocycles. The van der Waals surface area contributed by atoms with Crippen LogP contribution in [-0.2, 0) is 0 Å². The van der Waals surface area contributed by atoms with Crippen LogP contribution in [0.5, 0.6) is 17.2 Å². The van der Waals surface area contributed by atoms with Gasteiger partial charge in [-0.05, 0) is 17.7 Å². The molecule has 42 heavy (non-hydrogen) atoms. The van der Waals surface area contributed by atoms with E-state index in [1.165, 1.54) is 5.56 Å². The summed E-state index contributed by atoms with van der Waals surface area (Å²) in [6, 6.07) is 46.0. The fraction of sp³-hybridized carbons (Fsp3) is 0.0541. The van der Waals surface area contributed by atoms with Gasteiger partial charge in [0.25, 0.3) is 0 Å². The van der Waals surface area contributed by atoms with Crippen LogP contribution in [0.15, 0.2) is 146 Å². The van der Waals surface area contributed by atoms with Gasteiger partial charge in [0.1, 0.15) is 5.75 Å². The fourth-order valence-electron chi connectivity index (χ4n) is 5.09. The number of rotatable bonds is 8. The van der Waals surface area contributed by atoms with Gasteiger partial charge in [-0.1, -0.05) is 12.1 Å². The number of methoxy groups -OCH3 is 1. The van der Waals surface area contributed by atoms with Gasteiger partial charge < -0.3 is 4.74 Å². The Bertz CT molecular complexity index is 1750. The van der Waals surface area contributed by atoms with Crippen LogP contribution in [0, 0.1) is 6.92 Å². The molecule has 0 saturated heterocycles. The second kappa shape index (κ2) is 12.0. The molecule has 6 rings (SSSR count). The molecule has 0 fully saturated rings. The first-order chi connectivity index (χ1) is 20.5. The van der Waals surface area contributed by atoms with Crippen LogP contribution in [0.25, 0.3) is 22.4 Å². The predicted molar refractivity (Wildman–Crippen MR) is 175 cm³/mol. The van der Waals surface area contributed by atoms with Gasteiger partial charge in [-0.25, -0.2) is 0 Å². The van der Waals surface area contributed by atoms with E-state index >= 15 is 0 Å². The van der Waals surface area contributed by atoms with E-state index in [4.69, 9.17) is 9.47 Å². The molecule has 6 aromatic rings. The quantitative estimate of drug-likeness (QED) is 0.193. The number of ether oxygens (including phenoxy) is 2. The van der Waals surface area contributed by atoms with Crippen LogP contribution in [-0.4, -0.2) is 17.0 Å². The topological polar surface area (TPSA) is 51.6 Å². The molecule has 0 saturated carbocycles. The minimum atomic E-state index is -3.16. The Kier molecular flexibility index (Phi) is 7.83. The molecular weight excluding hydrogens is 537 g/mol. The van der Waals surface area contributed by atoms with Crippen molar-refractivity contribution in [1.29, 1.82) is 0 Å². The Balaban J connectivity index is 1.18. The molecule has 0 aliphatic rings. The molecule has 0 unspecified atom stereocenters. The van der Waals surface area contributed by atoms with Crippen molar-refractivity contribution in [3.63, 3.8) is 0 Å². The smallest absolute Gasteiger partial charge is 0.0506 e. The number of aromatic nitrogens is 1. The number of hydrogen-bond donors (Lipinski definition) is 1. The summed E-state index contributed by atoms with van der Waals surface area (Å²) in [4.78, 5) is 16.9. The minimum absolute atomic E-state index is 0.710. The van der Waals surface area contributed by atoms with E-state index in [0.717, 1.165) is 49.8 Å². The Morgan fingerprint density at radius 2 is 1.02 bits per heavy atom. The maximum atomic E-state index is 12.2. The molecule has 1 aromatic heterocycles. The Labute approximate surface area is 247 Å². The minimum Gasteiger partial charge on any atom is -0.0506 e. The Morgan fingerprint density at radius 3 is 1.60 bits per heavy atom. The van der Waals surface area contributed by atoms with Crippen molar-refractivity contribution >= 4 is 23.4 Å². The molecule has 0 spiro atoms. The van der Waals surface area contributed by atoms with Crippen molar-refractivity contribution in [3.8, 4) is 39.6 Å². The zero-order chi connectivity index (χ0) is 28.9. The van der Waals surface area contributed by atoms with Crippen LogP contribution in [0.3, 0.4) is 0 Å². The van der Waals surface area contributed by atoms with Gasteiger partial charge in [0.05, 0.1) is 7.11 Å². The fourth-order valence-corrected chi connectivity index (χ4v) is 8.06. The first-order valence-corrected chi connectivity index (χ1v) is 15.8. The number of benzene rings is 5. The van der Waals surface area contributed by atoms with Crippen molar-refractivity contribution in [2.24, 2.45) is 0 Å². The predicted octanol–water partition coefficient (Wildman–Crippen LogP) is 7.46. The molecule has 0 bridgehead atoms. The summed E-state index contributed by atoms with van der Waals surface area (Å²) in [5.41, 5.74) is 5.21. The SMILES string of the molecule is COc1ccc(-c2ccc(-c3ccc(Oc4ccc([PH](O)(c5ccccc5)c5ccc(C)cc5)cc4)cc3)nc2)cc1. The molecule has 0 radical (unpaired) electrons. The molecule has 1 N–H and O–H groups in total. The van der Waals surface area contributed by atoms with Gasteiger partial charge in [0.2, 0.25) is 0 Å². The molecular formula is C37H32NO3P. The van der Waals surface area contributed by atoms with E-state index < -0.39 is 7.49 Å². The summed E-state index contributed by atoms with van der Waals surface area (Å²) in [7, 11) is -1.49. The number of aryl methyl sites for hydroxylation is 1. The second-order valence-corrected chi connectivity index (χ2v) is 13.4. The van der Waals surface area contributed by atoms with Gasteiger partial charge in [-0.15, -0.1) is 0 Å². The van der Waals surface area contributed by atoms with E-state index in [1.54, 1.807) is 7.11 Å². The van der Waals surface area contributed by atoms with Crippen LogP contribution in [0.4, 0.5) is 0 Å². The third-order valence-corrected chi connectivity index (χ3v) is 11.0. The third-order valence-electron chi connectivity index (χ3n) is 7.51. The van der Waals surface area contributed by atoms with E-state index in [0.29, 0.717) is 5.75 Å². The molecule has 1 heterocycles. The monoisotopic (exact) mass is 569 g/mol. The second-order valence-electron chi connectivity index (χ2n) is 10.3. The van der Waals surface area contributed by atoms with E-state index in [-0.39, 0.29) is 0 Å². The van der Waals surface area contributed by atoms with E-state index in [1.807, 2.05) is 128 Å². The molecule has 0 atom stereocenters. The first kappa shape index (κ1) is 27.4. The molecule has 5 aromatic carbocycles. The summed E-state index contributed by atoms with van der Waals surface area (Å²) in [6.45, 7) is 2.06. The Hall–Kier alpha value is -4.76. The van der Waals surface area contributed by atoms with E-state index in [9.17, 15) is 4.89 Å². The van der Waals surface area contributed by atoms with Crippen molar-refractivity contribution in [2.75, 3.05) is 7.11 Å². The number of hydrogen-bond acceptors (Lipinski definition) is 4. The van der Waals surface area contributed by atoms with Crippen molar-refractivity contribution in [3.05, 3.63) is 151 Å². The molecule has 208 valence electrons. The average molecular weight is 570 g/mol. The molecule has 0 amide bonds. The summed E-state index contributed by atoms with van der Waals surface area (Å²) >= 11 is 0. The van der Waals surface area contributed by atoms with Crippen molar-refractivity contribution in [1.82, 2.24) is 4.98 Å². The maximum absolute atomic E-state index is 12.2. The normalized spacial score (nSPS) is 11.6. The molecule has 0 aliphatic carbocycles. The van der Waals surface area contributed by atoms with Crippen LogP contribution >= 0.6 is 7.49 Å². The van der Waals surface area contributed by atoms with Crippen molar-refractivity contribution in [2.45, 2.75) is 6.92 Å².